The summed E-state index contributed by atoms with van der Waals surface area (Å²) in [6.45, 7) is 1.89. The molecule has 2 heterocycles. The lowest BCUT2D eigenvalue weighted by molar-refractivity contribution is -0.154. The van der Waals surface area contributed by atoms with Gasteiger partial charge in [0.2, 0.25) is 11.2 Å². The van der Waals surface area contributed by atoms with Gasteiger partial charge < -0.3 is 23.0 Å². The number of hydrogen-bond acceptors (Lipinski definition) is 8. The number of esters is 1. The lowest BCUT2D eigenvalue weighted by Crippen LogP contribution is -2.19. The number of fused-ring (bicyclic) bond motifs is 2. The number of alkyl halides is 3. The van der Waals surface area contributed by atoms with Gasteiger partial charge in [0, 0.05) is 11.5 Å². The second-order valence-corrected chi connectivity index (χ2v) is 8.10. The normalized spacial score (nSPS) is 11.5. The van der Waals surface area contributed by atoms with Gasteiger partial charge in [0.25, 0.3) is 5.76 Å². The van der Waals surface area contributed by atoms with E-state index in [4.69, 9.17) is 23.0 Å². The molecule has 0 aliphatic heterocycles. The Morgan fingerprint density at radius 1 is 0.872 bits per heavy atom. The topological polar surface area (TPSA) is 105 Å². The molecule has 0 aliphatic carbocycles. The van der Waals surface area contributed by atoms with Crippen molar-refractivity contribution in [2.24, 2.45) is 0 Å². The first-order valence-corrected chi connectivity index (χ1v) is 11.5. The molecule has 0 unspecified atom stereocenters. The second kappa shape index (κ2) is 10.0. The van der Waals surface area contributed by atoms with Crippen molar-refractivity contribution in [1.82, 2.24) is 0 Å². The van der Waals surface area contributed by atoms with Crippen LogP contribution in [0.2, 0.25) is 0 Å². The Kier molecular flexibility index (Phi) is 6.57. The van der Waals surface area contributed by atoms with Crippen LogP contribution in [0.4, 0.5) is 13.2 Å². The molecule has 0 saturated heterocycles. The Balaban J connectivity index is 1.54. The van der Waals surface area contributed by atoms with Crippen LogP contribution < -0.4 is 25.3 Å². The van der Waals surface area contributed by atoms with E-state index in [9.17, 15) is 27.6 Å². The predicted octanol–water partition coefficient (Wildman–Crippen LogP) is 6.33. The molecule has 5 aromatic rings. The van der Waals surface area contributed by atoms with E-state index in [0.29, 0.717) is 5.39 Å². The predicted molar refractivity (Wildman–Crippen MR) is 133 cm³/mol. The summed E-state index contributed by atoms with van der Waals surface area (Å²) in [5, 5.41) is 0.193. The molecule has 0 radical (unpaired) electrons. The molecule has 0 aliphatic rings. The van der Waals surface area contributed by atoms with Crippen molar-refractivity contribution >= 4 is 27.9 Å². The first-order valence-electron chi connectivity index (χ1n) is 11.5. The van der Waals surface area contributed by atoms with Crippen molar-refractivity contribution in [1.29, 1.82) is 0 Å². The molecule has 0 fully saturated rings. The van der Waals surface area contributed by atoms with E-state index in [1.54, 1.807) is 37.3 Å². The standard InChI is InChI=1S/C28H17F3O8/c1-2-35-20-9-5-6-10-21(20)37-24-23(32)17-12-11-16(14-22(17)38-25(24)28(29,30)31)36-26(33)18-13-15-7-3-4-8-19(15)39-27(18)34/h3-14H,2H2,1H3. The highest BCUT2D eigenvalue weighted by Gasteiger charge is 2.41. The minimum atomic E-state index is -5.11. The average Bonchev–Trinajstić information content (AvgIpc) is 2.90. The first kappa shape index (κ1) is 25.6. The van der Waals surface area contributed by atoms with Crippen LogP contribution in [0.3, 0.4) is 0 Å². The fourth-order valence-electron chi connectivity index (χ4n) is 3.78. The molecule has 198 valence electrons. The van der Waals surface area contributed by atoms with Gasteiger partial charge in [-0.25, -0.2) is 9.59 Å². The maximum absolute atomic E-state index is 13.9. The van der Waals surface area contributed by atoms with Crippen LogP contribution >= 0.6 is 0 Å². The van der Waals surface area contributed by atoms with Crippen LogP contribution in [0, 0.1) is 0 Å². The van der Waals surface area contributed by atoms with E-state index < -0.39 is 45.9 Å². The molecule has 0 N–H and O–H groups in total. The van der Waals surface area contributed by atoms with Crippen LogP contribution in [0.15, 0.2) is 91.2 Å². The molecule has 11 heteroatoms. The Hall–Kier alpha value is -5.06. The van der Waals surface area contributed by atoms with Gasteiger partial charge in [-0.1, -0.05) is 30.3 Å². The minimum absolute atomic E-state index is 0.115. The number of hydrogen-bond donors (Lipinski definition) is 0. The fraction of sp³-hybridized carbons (Fsp3) is 0.107. The van der Waals surface area contributed by atoms with Crippen molar-refractivity contribution < 1.29 is 41.0 Å². The summed E-state index contributed by atoms with van der Waals surface area (Å²) in [6, 6.07) is 16.9. The molecule has 39 heavy (non-hydrogen) atoms. The quantitative estimate of drug-likeness (QED) is 0.140. The number of halogens is 3. The number of benzene rings is 3. The van der Waals surface area contributed by atoms with Crippen LogP contribution in [0.1, 0.15) is 23.0 Å². The van der Waals surface area contributed by atoms with E-state index in [-0.39, 0.29) is 34.8 Å². The summed E-state index contributed by atoms with van der Waals surface area (Å²) in [6.07, 6.45) is -5.11. The highest BCUT2D eigenvalue weighted by Crippen LogP contribution is 2.40. The number of rotatable bonds is 6. The zero-order valence-corrected chi connectivity index (χ0v) is 20.0. The van der Waals surface area contributed by atoms with Gasteiger partial charge in [-0.15, -0.1) is 0 Å². The minimum Gasteiger partial charge on any atom is -0.490 e. The molecule has 0 spiro atoms. The van der Waals surface area contributed by atoms with E-state index >= 15 is 0 Å². The largest absolute Gasteiger partial charge is 0.490 e. The van der Waals surface area contributed by atoms with E-state index in [1.807, 2.05) is 0 Å². The molecule has 8 nitrogen and oxygen atoms in total. The van der Waals surface area contributed by atoms with Gasteiger partial charge >= 0.3 is 17.8 Å². The van der Waals surface area contributed by atoms with Gasteiger partial charge in [0.15, 0.2) is 11.5 Å². The lowest BCUT2D eigenvalue weighted by Gasteiger charge is -2.15. The summed E-state index contributed by atoms with van der Waals surface area (Å²) < 4.78 is 67.9. The Morgan fingerprint density at radius 2 is 1.59 bits per heavy atom. The van der Waals surface area contributed by atoms with Crippen molar-refractivity contribution in [3.05, 3.63) is 105 Å². The Morgan fingerprint density at radius 3 is 2.33 bits per heavy atom. The maximum atomic E-state index is 13.9. The van der Waals surface area contributed by atoms with Crippen molar-refractivity contribution in [2.75, 3.05) is 6.61 Å². The molecule has 0 bridgehead atoms. The summed E-state index contributed by atoms with van der Waals surface area (Å²) in [5.74, 6) is -4.14. The molecule has 5 rings (SSSR count). The first-order chi connectivity index (χ1) is 18.7. The monoisotopic (exact) mass is 538 g/mol. The summed E-state index contributed by atoms with van der Waals surface area (Å²) in [7, 11) is 0. The maximum Gasteiger partial charge on any atom is 0.453 e. The number of carbonyl (C=O) groups excluding carboxylic acids is 1. The fourth-order valence-corrected chi connectivity index (χ4v) is 3.78. The summed E-state index contributed by atoms with van der Waals surface area (Å²) in [4.78, 5) is 38.0. The van der Waals surface area contributed by atoms with Crippen LogP contribution in [0.25, 0.3) is 21.9 Å². The Labute approximate surface area is 216 Å². The van der Waals surface area contributed by atoms with Crippen molar-refractivity contribution in [2.45, 2.75) is 13.1 Å². The van der Waals surface area contributed by atoms with Crippen molar-refractivity contribution in [3.8, 4) is 23.0 Å². The highest BCUT2D eigenvalue weighted by molar-refractivity contribution is 5.94. The third-order valence-electron chi connectivity index (χ3n) is 5.51. The van der Waals surface area contributed by atoms with Gasteiger partial charge in [-0.2, -0.15) is 13.2 Å². The molecule has 2 aromatic heterocycles. The highest BCUT2D eigenvalue weighted by atomic mass is 19.4. The van der Waals surface area contributed by atoms with Gasteiger partial charge in [0.05, 0.1) is 12.0 Å². The number of ether oxygens (including phenoxy) is 3. The number of carbonyl (C=O) groups is 1. The summed E-state index contributed by atoms with van der Waals surface area (Å²) in [5.41, 5.74) is -2.76. The average molecular weight is 538 g/mol. The molecule has 0 amide bonds. The van der Waals surface area contributed by atoms with Gasteiger partial charge in [-0.3, -0.25) is 4.79 Å². The molecule has 0 atom stereocenters. The number of para-hydroxylation sites is 3. The Bertz CT molecular complexity index is 1840. The third-order valence-corrected chi connectivity index (χ3v) is 5.51. The third kappa shape index (κ3) is 5.06. The van der Waals surface area contributed by atoms with Gasteiger partial charge in [-0.05, 0) is 43.3 Å². The zero-order valence-electron chi connectivity index (χ0n) is 20.0. The molecule has 0 saturated carbocycles. The zero-order chi connectivity index (χ0) is 27.7. The van der Waals surface area contributed by atoms with Crippen LogP contribution in [0.5, 0.6) is 23.0 Å². The molecule has 3 aromatic carbocycles. The second-order valence-electron chi connectivity index (χ2n) is 8.10. The van der Waals surface area contributed by atoms with E-state index in [0.717, 1.165) is 12.1 Å². The molecular weight excluding hydrogens is 521 g/mol. The van der Waals surface area contributed by atoms with Crippen LogP contribution in [-0.2, 0) is 6.18 Å². The van der Waals surface area contributed by atoms with Gasteiger partial charge in [0.1, 0.15) is 22.5 Å². The summed E-state index contributed by atoms with van der Waals surface area (Å²) >= 11 is 0. The SMILES string of the molecule is CCOc1ccccc1Oc1c(C(F)(F)F)oc2cc(OC(=O)c3cc4ccccc4oc3=O)ccc2c1=O. The van der Waals surface area contributed by atoms with Crippen LogP contribution in [-0.4, -0.2) is 12.6 Å². The lowest BCUT2D eigenvalue weighted by atomic mass is 10.2. The smallest absolute Gasteiger partial charge is 0.453 e. The van der Waals surface area contributed by atoms with E-state index in [1.165, 1.54) is 30.3 Å². The van der Waals surface area contributed by atoms with Crippen molar-refractivity contribution in [3.63, 3.8) is 0 Å². The molecular formula is C28H17F3O8. The van der Waals surface area contributed by atoms with E-state index in [2.05, 4.69) is 0 Å².